The third-order valence-corrected chi connectivity index (χ3v) is 1.32. The molecule has 52 valence electrons. The fourth-order valence-electron chi connectivity index (χ4n) is 0.867. The molecule has 1 atom stereocenters. The molecule has 0 aromatic heterocycles. The van der Waals surface area contributed by atoms with E-state index in [2.05, 4.69) is 4.84 Å². The Kier molecular flexibility index (Phi) is 2.02. The topological polar surface area (TPSA) is 49.8 Å². The van der Waals surface area contributed by atoms with E-state index < -0.39 is 0 Å². The minimum atomic E-state index is -0.329. The lowest BCUT2D eigenvalue weighted by molar-refractivity contribution is -0.169. The lowest BCUT2D eigenvalue weighted by atomic mass is 10.3. The molecule has 1 N–H and O–H groups in total. The third-order valence-electron chi connectivity index (χ3n) is 1.32. The molecule has 0 radical (unpaired) electrons. The molecule has 0 spiro atoms. The summed E-state index contributed by atoms with van der Waals surface area (Å²) in [5.74, 6) is 0. The van der Waals surface area contributed by atoms with Crippen LogP contribution in [0.4, 0.5) is 0 Å². The van der Waals surface area contributed by atoms with Gasteiger partial charge in [-0.25, -0.2) is 0 Å². The first-order valence-electron chi connectivity index (χ1n) is 2.86. The van der Waals surface area contributed by atoms with Gasteiger partial charge in [0, 0.05) is 6.54 Å². The summed E-state index contributed by atoms with van der Waals surface area (Å²) >= 11 is 0. The lowest BCUT2D eigenvalue weighted by Gasteiger charge is -2.08. The summed E-state index contributed by atoms with van der Waals surface area (Å²) in [6.07, 6.45) is 0.360. The van der Waals surface area contributed by atoms with Crippen molar-refractivity contribution in [2.24, 2.45) is 0 Å². The van der Waals surface area contributed by atoms with Crippen molar-refractivity contribution < 1.29 is 14.7 Å². The maximum atomic E-state index is 9.72. The van der Waals surface area contributed by atoms with Gasteiger partial charge in [-0.2, -0.15) is 0 Å². The molecule has 0 aromatic rings. The number of aliphatic hydroxyl groups excluding tert-OH is 1. The van der Waals surface area contributed by atoms with Crippen molar-refractivity contribution in [3.05, 3.63) is 0 Å². The Bertz CT molecular complexity index is 106. The van der Waals surface area contributed by atoms with Crippen LogP contribution in [0, 0.1) is 0 Å². The van der Waals surface area contributed by atoms with Crippen LogP contribution >= 0.6 is 0 Å². The quantitative estimate of drug-likeness (QED) is 0.495. The van der Waals surface area contributed by atoms with Gasteiger partial charge < -0.3 is 9.94 Å². The van der Waals surface area contributed by atoms with Crippen molar-refractivity contribution in [1.29, 1.82) is 0 Å². The minimum Gasteiger partial charge on any atom is -0.392 e. The molecule has 1 rings (SSSR count). The number of nitrogens with zero attached hydrogens (tertiary/aromatic N) is 1. The molecule has 0 saturated carbocycles. The van der Waals surface area contributed by atoms with E-state index in [0.717, 1.165) is 0 Å². The van der Waals surface area contributed by atoms with E-state index in [1.807, 2.05) is 0 Å². The van der Waals surface area contributed by atoms with Crippen LogP contribution < -0.4 is 0 Å². The van der Waals surface area contributed by atoms with E-state index in [0.29, 0.717) is 26.0 Å². The number of aliphatic hydroxyl groups is 1. The molecule has 4 heteroatoms. The maximum Gasteiger partial charge on any atom is 0.312 e. The second kappa shape index (κ2) is 2.80. The molecule has 4 nitrogen and oxygen atoms in total. The second-order valence-corrected chi connectivity index (χ2v) is 2.03. The highest BCUT2D eigenvalue weighted by atomic mass is 16.7. The Morgan fingerprint density at radius 1 is 1.78 bits per heavy atom. The highest BCUT2D eigenvalue weighted by molar-refractivity contribution is 5.36. The molecule has 1 fully saturated rings. The highest BCUT2D eigenvalue weighted by Gasteiger charge is 2.20. The molecular weight excluding hydrogens is 122 g/mol. The fraction of sp³-hybridized carbons (Fsp3) is 0.800. The third kappa shape index (κ3) is 1.65. The number of rotatable bonds is 2. The van der Waals surface area contributed by atoms with Gasteiger partial charge in [-0.05, 0) is 6.42 Å². The predicted octanol–water partition coefficient (Wildman–Crippen LogP) is -0.859. The first-order chi connectivity index (χ1) is 4.33. The summed E-state index contributed by atoms with van der Waals surface area (Å²) in [7, 11) is 0. The maximum absolute atomic E-state index is 9.72. The summed E-state index contributed by atoms with van der Waals surface area (Å²) in [4.78, 5) is 14.2. The minimum absolute atomic E-state index is 0.329. The molecule has 1 saturated heterocycles. The summed E-state index contributed by atoms with van der Waals surface area (Å²) in [6.45, 7) is 1.46. The Labute approximate surface area is 53.0 Å². The van der Waals surface area contributed by atoms with E-state index in [-0.39, 0.29) is 6.10 Å². The van der Waals surface area contributed by atoms with E-state index in [4.69, 9.17) is 5.11 Å². The van der Waals surface area contributed by atoms with Gasteiger partial charge in [-0.1, -0.05) is 0 Å². The number of carbonyl (C=O) groups is 1. The zero-order valence-electron chi connectivity index (χ0n) is 4.99. The molecule has 1 aliphatic heterocycles. The zero-order chi connectivity index (χ0) is 6.69. The number of hydrogen-bond donors (Lipinski definition) is 1. The molecule has 1 heterocycles. The van der Waals surface area contributed by atoms with Gasteiger partial charge in [-0.3, -0.25) is 4.79 Å². The number of hydrogen-bond acceptors (Lipinski definition) is 4. The van der Waals surface area contributed by atoms with Crippen LogP contribution in [0.2, 0.25) is 0 Å². The molecule has 9 heavy (non-hydrogen) atoms. The molecule has 0 aromatic carbocycles. The first kappa shape index (κ1) is 6.51. The largest absolute Gasteiger partial charge is 0.392 e. The van der Waals surface area contributed by atoms with Gasteiger partial charge in [-0.15, -0.1) is 5.06 Å². The van der Waals surface area contributed by atoms with Gasteiger partial charge in [0.05, 0.1) is 12.6 Å². The summed E-state index contributed by atoms with van der Waals surface area (Å²) in [5.41, 5.74) is 0. The van der Waals surface area contributed by atoms with Crippen LogP contribution in [0.5, 0.6) is 0 Å². The summed E-state index contributed by atoms with van der Waals surface area (Å²) < 4.78 is 0. The van der Waals surface area contributed by atoms with Crippen LogP contribution in [-0.2, 0) is 9.63 Å². The summed E-state index contributed by atoms with van der Waals surface area (Å²) in [5, 5.41) is 10.3. The zero-order valence-corrected chi connectivity index (χ0v) is 4.99. The monoisotopic (exact) mass is 131 g/mol. The van der Waals surface area contributed by atoms with Crippen LogP contribution in [0.3, 0.4) is 0 Å². The van der Waals surface area contributed by atoms with E-state index in [1.54, 1.807) is 0 Å². The molecular formula is C5H9NO3. The number of carbonyl (C=O) groups excluding carboxylic acids is 1. The van der Waals surface area contributed by atoms with Crippen molar-refractivity contribution in [3.8, 4) is 0 Å². The SMILES string of the molecule is O=CON1CC[C@H](O)C1. The average Bonchev–Trinajstić information content (AvgIpc) is 2.17. The van der Waals surface area contributed by atoms with Crippen molar-refractivity contribution in [2.45, 2.75) is 12.5 Å². The van der Waals surface area contributed by atoms with Crippen molar-refractivity contribution in [3.63, 3.8) is 0 Å². The van der Waals surface area contributed by atoms with E-state index >= 15 is 0 Å². The fourth-order valence-corrected chi connectivity index (χ4v) is 0.867. The Hall–Kier alpha value is -0.610. The van der Waals surface area contributed by atoms with E-state index in [1.165, 1.54) is 5.06 Å². The van der Waals surface area contributed by atoms with Crippen molar-refractivity contribution in [1.82, 2.24) is 5.06 Å². The number of β-amino-alcohol motifs (C(OH)–C–C–N with tert-alkyl or cyclic N) is 1. The lowest BCUT2D eigenvalue weighted by Crippen LogP contribution is -2.21. The average molecular weight is 131 g/mol. The van der Waals surface area contributed by atoms with Gasteiger partial charge in [0.2, 0.25) is 0 Å². The predicted molar refractivity (Wildman–Crippen MR) is 29.3 cm³/mol. The van der Waals surface area contributed by atoms with Gasteiger partial charge in [0.1, 0.15) is 0 Å². The van der Waals surface area contributed by atoms with Gasteiger partial charge >= 0.3 is 6.47 Å². The van der Waals surface area contributed by atoms with Crippen LogP contribution in [0.25, 0.3) is 0 Å². The molecule has 0 amide bonds. The molecule has 0 aliphatic carbocycles. The molecule has 0 unspecified atom stereocenters. The normalized spacial score (nSPS) is 28.3. The van der Waals surface area contributed by atoms with E-state index in [9.17, 15) is 4.79 Å². The standard InChI is InChI=1S/C5H9NO3/c7-4-9-6-2-1-5(8)3-6/h4-5,8H,1-3H2/t5-/m0/s1. The first-order valence-corrected chi connectivity index (χ1v) is 2.86. The molecule has 0 bridgehead atoms. The van der Waals surface area contributed by atoms with Crippen LogP contribution in [-0.4, -0.2) is 35.8 Å². The Morgan fingerprint density at radius 3 is 3.00 bits per heavy atom. The van der Waals surface area contributed by atoms with Crippen LogP contribution in [0.15, 0.2) is 0 Å². The van der Waals surface area contributed by atoms with Gasteiger partial charge in [0.25, 0.3) is 0 Å². The van der Waals surface area contributed by atoms with Crippen molar-refractivity contribution in [2.75, 3.05) is 13.1 Å². The second-order valence-electron chi connectivity index (χ2n) is 2.03. The van der Waals surface area contributed by atoms with Crippen LogP contribution in [0.1, 0.15) is 6.42 Å². The summed E-state index contributed by atoms with van der Waals surface area (Å²) in [6, 6.07) is 0. The van der Waals surface area contributed by atoms with Crippen molar-refractivity contribution >= 4 is 6.47 Å². The molecule has 1 aliphatic rings. The smallest absolute Gasteiger partial charge is 0.312 e. The van der Waals surface area contributed by atoms with Gasteiger partial charge in [0.15, 0.2) is 0 Å². The Morgan fingerprint density at radius 2 is 2.56 bits per heavy atom. The Balaban J connectivity index is 2.21. The number of hydroxylamine groups is 2. The highest BCUT2D eigenvalue weighted by Crippen LogP contribution is 2.07.